The molecule has 0 rings (SSSR count). The molecule has 0 saturated heterocycles. The van der Waals surface area contributed by atoms with Crippen molar-refractivity contribution in [3.05, 3.63) is 0 Å². The van der Waals surface area contributed by atoms with Crippen molar-refractivity contribution in [2.45, 2.75) is 0 Å². The van der Waals surface area contributed by atoms with Crippen molar-refractivity contribution in [3.63, 3.8) is 0 Å². The second-order valence-corrected chi connectivity index (χ2v) is 3.99. The number of hydrogen-bond donors (Lipinski definition) is 5. The van der Waals surface area contributed by atoms with Crippen LogP contribution in [0.3, 0.4) is 0 Å². The van der Waals surface area contributed by atoms with Crippen LogP contribution in [0.25, 0.3) is 0 Å². The van der Waals surface area contributed by atoms with Crippen molar-refractivity contribution in [2.24, 2.45) is 5.73 Å². The molecule has 0 aliphatic carbocycles. The van der Waals surface area contributed by atoms with Crippen LogP contribution in [-0.2, 0) is 20.5 Å². The fourth-order valence-electron chi connectivity index (χ4n) is 0.149. The third-order valence-electron chi connectivity index (χ3n) is 0.376. The summed E-state index contributed by atoms with van der Waals surface area (Å²) in [5.74, 6) is -0.354. The Hall–Kier alpha value is -0.300. The summed E-state index contributed by atoms with van der Waals surface area (Å²) in [5, 5.41) is 0. The zero-order valence-corrected chi connectivity index (χ0v) is 8.12. The van der Waals surface area contributed by atoms with Gasteiger partial charge in [0.2, 0.25) is 0 Å². The quantitative estimate of drug-likeness (QED) is 0.351. The largest absolute Gasteiger partial charge is 0.394 e. The predicted octanol–water partition coefficient (Wildman–Crippen LogP) is -1.66. The van der Waals surface area contributed by atoms with E-state index in [0.29, 0.717) is 0 Å². The van der Waals surface area contributed by atoms with Gasteiger partial charge in [0.25, 0.3) is 10.1 Å². The maximum Gasteiger partial charge on any atom is 0.394 e. The first-order valence-electron chi connectivity index (χ1n) is 2.41. The molecule has 0 aliphatic heterocycles. The highest BCUT2D eigenvalue weighted by Gasteiger charge is 1.98. The predicted molar refractivity (Wildman–Crippen MR) is 44.7 cm³/mol. The van der Waals surface area contributed by atoms with Crippen molar-refractivity contribution >= 4 is 20.5 Å². The molecular weight excluding hydrogens is 228 g/mol. The standard InChI is InChI=1S/C2H7NO3S.H3N.H2O4S/c3-1-2-7(4,5)6;;1-5(2,3)4/h1-3H2,(H,4,5,6);1H3;(H2,1,2,3,4). The average molecular weight is 240 g/mol. The lowest BCUT2D eigenvalue weighted by atomic mass is 10.8. The molecule has 0 fully saturated rings. The normalized spacial score (nSPS) is 10.8. The molecule has 11 heteroatoms. The summed E-state index contributed by atoms with van der Waals surface area (Å²) < 4.78 is 58.9. The molecule has 84 valence electrons. The Morgan fingerprint density at radius 3 is 1.23 bits per heavy atom. The van der Waals surface area contributed by atoms with Gasteiger partial charge in [-0.3, -0.25) is 13.7 Å². The minimum atomic E-state index is -4.67. The average Bonchev–Trinajstić information content (AvgIpc) is 1.54. The summed E-state index contributed by atoms with van der Waals surface area (Å²) in [5.41, 5.74) is 4.78. The third-order valence-corrected chi connectivity index (χ3v) is 1.13. The Balaban J connectivity index is -0.000000150. The van der Waals surface area contributed by atoms with Gasteiger partial charge in [-0.1, -0.05) is 0 Å². The first-order chi connectivity index (χ1) is 5.06. The summed E-state index contributed by atoms with van der Waals surface area (Å²) in [6.45, 7) is -0.0289. The third kappa shape index (κ3) is 80.4. The molecular formula is C2H12N2O7S2. The molecule has 0 amide bonds. The van der Waals surface area contributed by atoms with E-state index in [2.05, 4.69) is 0 Å². The molecule has 0 heterocycles. The molecule has 0 spiro atoms. The second-order valence-electron chi connectivity index (χ2n) is 1.52. The second kappa shape index (κ2) is 7.14. The zero-order chi connectivity index (χ0) is 10.4. The molecule has 0 aromatic carbocycles. The molecule has 0 radical (unpaired) electrons. The lowest BCUT2D eigenvalue weighted by Crippen LogP contribution is -2.13. The Bertz CT molecular complexity index is 282. The topological polar surface area (TPSA) is 190 Å². The molecule has 0 bridgehead atoms. The highest BCUT2D eigenvalue weighted by molar-refractivity contribution is 7.85. The van der Waals surface area contributed by atoms with E-state index in [0.717, 1.165) is 0 Å². The van der Waals surface area contributed by atoms with E-state index >= 15 is 0 Å². The van der Waals surface area contributed by atoms with E-state index in [1.54, 1.807) is 0 Å². The monoisotopic (exact) mass is 240 g/mol. The summed E-state index contributed by atoms with van der Waals surface area (Å²) in [7, 11) is -8.47. The fourth-order valence-corrected chi connectivity index (χ4v) is 0.447. The molecule has 9 nitrogen and oxygen atoms in total. The molecule has 0 aromatic heterocycles. The summed E-state index contributed by atoms with van der Waals surface area (Å²) in [4.78, 5) is 0. The van der Waals surface area contributed by atoms with Gasteiger partial charge in [-0.2, -0.15) is 16.8 Å². The zero-order valence-electron chi connectivity index (χ0n) is 6.49. The van der Waals surface area contributed by atoms with Crippen LogP contribution in [0.5, 0.6) is 0 Å². The lowest BCUT2D eigenvalue weighted by molar-refractivity contribution is 0.381. The van der Waals surface area contributed by atoms with Crippen LogP contribution >= 0.6 is 0 Å². The molecule has 0 saturated carbocycles. The van der Waals surface area contributed by atoms with Crippen LogP contribution in [0.1, 0.15) is 0 Å². The van der Waals surface area contributed by atoms with Crippen molar-refractivity contribution in [1.29, 1.82) is 0 Å². The van der Waals surface area contributed by atoms with Crippen LogP contribution in [0.2, 0.25) is 0 Å². The highest BCUT2D eigenvalue weighted by Crippen LogP contribution is 1.74. The smallest absolute Gasteiger partial charge is 0.344 e. The Morgan fingerprint density at radius 2 is 1.23 bits per heavy atom. The van der Waals surface area contributed by atoms with E-state index in [1.807, 2.05) is 0 Å². The fraction of sp³-hybridized carbons (Fsp3) is 1.00. The Morgan fingerprint density at radius 1 is 1.00 bits per heavy atom. The van der Waals surface area contributed by atoms with Gasteiger partial charge in [0, 0.05) is 6.54 Å². The molecule has 13 heavy (non-hydrogen) atoms. The maximum atomic E-state index is 9.71. The van der Waals surface area contributed by atoms with Crippen molar-refractivity contribution in [2.75, 3.05) is 12.3 Å². The van der Waals surface area contributed by atoms with Gasteiger partial charge in [-0.25, -0.2) is 0 Å². The molecule has 0 aromatic rings. The van der Waals surface area contributed by atoms with E-state index in [1.165, 1.54) is 0 Å². The minimum absolute atomic E-state index is 0. The van der Waals surface area contributed by atoms with Gasteiger partial charge < -0.3 is 11.9 Å². The lowest BCUT2D eigenvalue weighted by Gasteiger charge is -1.86. The van der Waals surface area contributed by atoms with Crippen LogP contribution in [0.4, 0.5) is 0 Å². The van der Waals surface area contributed by atoms with Gasteiger partial charge in [0.05, 0.1) is 5.75 Å². The van der Waals surface area contributed by atoms with E-state index < -0.39 is 20.5 Å². The van der Waals surface area contributed by atoms with Gasteiger partial charge in [0.1, 0.15) is 0 Å². The number of rotatable bonds is 2. The van der Waals surface area contributed by atoms with Gasteiger partial charge in [-0.05, 0) is 0 Å². The summed E-state index contributed by atoms with van der Waals surface area (Å²) in [6, 6.07) is 0. The van der Waals surface area contributed by atoms with Gasteiger partial charge in [-0.15, -0.1) is 0 Å². The van der Waals surface area contributed by atoms with Gasteiger partial charge in [0.15, 0.2) is 0 Å². The first kappa shape index (κ1) is 18.5. The summed E-state index contributed by atoms with van der Waals surface area (Å²) in [6.07, 6.45) is 0. The van der Waals surface area contributed by atoms with Crippen molar-refractivity contribution in [1.82, 2.24) is 6.15 Å². The summed E-state index contributed by atoms with van der Waals surface area (Å²) >= 11 is 0. The van der Waals surface area contributed by atoms with Crippen LogP contribution in [-0.4, -0.2) is 42.8 Å². The van der Waals surface area contributed by atoms with Crippen LogP contribution in [0.15, 0.2) is 0 Å². The molecule has 0 atom stereocenters. The SMILES string of the molecule is N.NCCS(=O)(=O)O.O=S(=O)(O)O. The van der Waals surface area contributed by atoms with Gasteiger partial charge >= 0.3 is 10.4 Å². The molecule has 0 aliphatic rings. The molecule has 8 N–H and O–H groups in total. The highest BCUT2D eigenvalue weighted by atomic mass is 32.3. The van der Waals surface area contributed by atoms with Crippen LogP contribution < -0.4 is 11.9 Å². The van der Waals surface area contributed by atoms with Crippen molar-refractivity contribution in [3.8, 4) is 0 Å². The Labute approximate surface area is 75.8 Å². The van der Waals surface area contributed by atoms with Crippen molar-refractivity contribution < 1.29 is 30.5 Å². The Kier molecular flexibility index (Phi) is 10.1. The minimum Gasteiger partial charge on any atom is -0.344 e. The van der Waals surface area contributed by atoms with E-state index in [9.17, 15) is 8.42 Å². The maximum absolute atomic E-state index is 9.71. The number of nitrogens with two attached hydrogens (primary N) is 1. The number of hydrogen-bond acceptors (Lipinski definition) is 6. The molecule has 0 unspecified atom stereocenters. The first-order valence-corrected chi connectivity index (χ1v) is 5.42. The van der Waals surface area contributed by atoms with E-state index in [4.69, 9.17) is 27.8 Å². The van der Waals surface area contributed by atoms with Crippen LogP contribution in [0, 0.1) is 0 Å². The van der Waals surface area contributed by atoms with E-state index in [-0.39, 0.29) is 18.4 Å².